The average Bonchev–Trinajstić information content (AvgIpc) is 2.05. The Morgan fingerprint density at radius 1 is 0.750 bits per heavy atom. The van der Waals surface area contributed by atoms with Crippen LogP contribution in [0, 0.1) is 0 Å². The third-order valence-electron chi connectivity index (χ3n) is 1.35. The average molecular weight is 386 g/mol. The highest BCUT2D eigenvalue weighted by atomic mass is 127. The molecule has 0 aromatic rings. The molecule has 1 rings (SSSR count). The molecule has 0 saturated heterocycles. The molecule has 0 bridgehead atoms. The molecule has 0 unspecified atom stereocenters. The summed E-state index contributed by atoms with van der Waals surface area (Å²) in [6.07, 6.45) is 12.0. The fourth-order valence-electron chi connectivity index (χ4n) is 0.776. The maximum Gasteiger partial charge on any atom is 0.0669 e. The lowest BCUT2D eigenvalue weighted by atomic mass is 10.2. The first kappa shape index (κ1) is 10.1. The van der Waals surface area contributed by atoms with E-state index in [1.807, 2.05) is 36.5 Å². The number of hydrogen-bond donors (Lipinski definition) is 2. The highest BCUT2D eigenvalue weighted by molar-refractivity contribution is 14.1. The van der Waals surface area contributed by atoms with Crippen molar-refractivity contribution in [3.8, 4) is 0 Å². The summed E-state index contributed by atoms with van der Waals surface area (Å²) in [4.78, 5) is 0. The van der Waals surface area contributed by atoms with Gasteiger partial charge in [-0.1, -0.05) is 24.3 Å². The van der Waals surface area contributed by atoms with Gasteiger partial charge in [-0.3, -0.25) is 0 Å². The van der Waals surface area contributed by atoms with Crippen molar-refractivity contribution in [1.29, 1.82) is 0 Å². The van der Waals surface area contributed by atoms with Crippen LogP contribution < -0.4 is 7.06 Å². The number of nitrogens with one attached hydrogen (secondary N) is 2. The Labute approximate surface area is 99.9 Å². The normalized spacial score (nSPS) is 21.2. The predicted molar refractivity (Wildman–Crippen MR) is 68.8 cm³/mol. The molecule has 2 N–H and O–H groups in total. The van der Waals surface area contributed by atoms with Gasteiger partial charge in [0.2, 0.25) is 0 Å². The SMILES string of the molecule is INC1=C/C=C\C=C\C=C1NI. The van der Waals surface area contributed by atoms with Crippen LogP contribution in [0.3, 0.4) is 0 Å². The van der Waals surface area contributed by atoms with E-state index < -0.39 is 0 Å². The largest absolute Gasteiger partial charge is 0.327 e. The minimum Gasteiger partial charge on any atom is -0.327 e. The fraction of sp³-hybridized carbons (Fsp3) is 0. The van der Waals surface area contributed by atoms with Crippen molar-refractivity contribution in [2.45, 2.75) is 0 Å². The molecule has 0 aliphatic heterocycles. The Bertz CT molecular complexity index is 236. The first-order valence-electron chi connectivity index (χ1n) is 3.37. The third kappa shape index (κ3) is 2.81. The van der Waals surface area contributed by atoms with Crippen molar-refractivity contribution in [2.75, 3.05) is 0 Å². The van der Waals surface area contributed by atoms with Crippen molar-refractivity contribution in [3.63, 3.8) is 0 Å². The maximum atomic E-state index is 3.08. The first-order chi connectivity index (χ1) is 5.88. The summed E-state index contributed by atoms with van der Waals surface area (Å²) in [5, 5.41) is 0. The minimum atomic E-state index is 1.07. The predicted octanol–water partition coefficient (Wildman–Crippen LogP) is 2.76. The van der Waals surface area contributed by atoms with Gasteiger partial charge >= 0.3 is 0 Å². The molecule has 0 saturated carbocycles. The minimum absolute atomic E-state index is 1.07. The monoisotopic (exact) mass is 386 g/mol. The molecule has 0 aromatic heterocycles. The maximum absolute atomic E-state index is 3.08. The smallest absolute Gasteiger partial charge is 0.0669 e. The van der Waals surface area contributed by atoms with Gasteiger partial charge < -0.3 is 7.06 Å². The zero-order valence-electron chi connectivity index (χ0n) is 6.22. The van der Waals surface area contributed by atoms with Crippen LogP contribution >= 0.6 is 45.7 Å². The fourth-order valence-corrected chi connectivity index (χ4v) is 1.72. The molecular formula is C8H8I2N2. The lowest BCUT2D eigenvalue weighted by Gasteiger charge is -2.07. The Hall–Kier alpha value is 0.0200. The van der Waals surface area contributed by atoms with Crippen molar-refractivity contribution in [2.24, 2.45) is 0 Å². The Morgan fingerprint density at radius 2 is 1.17 bits per heavy atom. The Morgan fingerprint density at radius 3 is 1.50 bits per heavy atom. The molecular weight excluding hydrogens is 378 g/mol. The zero-order valence-corrected chi connectivity index (χ0v) is 10.5. The van der Waals surface area contributed by atoms with Crippen LogP contribution in [0.15, 0.2) is 47.9 Å². The van der Waals surface area contributed by atoms with Crippen LogP contribution in [0.2, 0.25) is 0 Å². The van der Waals surface area contributed by atoms with E-state index in [4.69, 9.17) is 0 Å². The molecule has 4 heteroatoms. The molecule has 12 heavy (non-hydrogen) atoms. The van der Waals surface area contributed by atoms with E-state index in [1.54, 1.807) is 0 Å². The molecule has 1 aliphatic carbocycles. The summed E-state index contributed by atoms with van der Waals surface area (Å²) in [6.45, 7) is 0. The summed E-state index contributed by atoms with van der Waals surface area (Å²) in [5.41, 5.74) is 2.15. The lowest BCUT2D eigenvalue weighted by molar-refractivity contribution is 1.17. The standard InChI is InChI=1S/C8H8I2N2/c9-11-7-5-3-1-2-4-6-8(7)12-10/h1-6,11-12H/b2-1?,3-1-,4-2+,5-3?,6-4?,7-5?,8-6?,8-7?. The molecule has 0 spiro atoms. The Kier molecular flexibility index (Phi) is 4.74. The van der Waals surface area contributed by atoms with E-state index in [0.717, 1.165) is 11.4 Å². The molecule has 2 nitrogen and oxygen atoms in total. The highest BCUT2D eigenvalue weighted by Crippen LogP contribution is 2.09. The summed E-state index contributed by atoms with van der Waals surface area (Å²) in [7, 11) is 0. The van der Waals surface area contributed by atoms with Crippen LogP contribution in [0.4, 0.5) is 0 Å². The summed E-state index contributed by atoms with van der Waals surface area (Å²) < 4.78 is 6.17. The number of allylic oxidation sites excluding steroid dienone is 6. The second kappa shape index (κ2) is 5.63. The molecule has 0 fully saturated rings. The summed E-state index contributed by atoms with van der Waals surface area (Å²) in [6, 6.07) is 0. The van der Waals surface area contributed by atoms with Crippen molar-refractivity contribution < 1.29 is 0 Å². The summed E-state index contributed by atoms with van der Waals surface area (Å²) in [5.74, 6) is 0. The number of halogens is 2. The topological polar surface area (TPSA) is 24.1 Å². The molecule has 0 aromatic carbocycles. The quantitative estimate of drug-likeness (QED) is 0.564. The van der Waals surface area contributed by atoms with E-state index in [1.165, 1.54) is 0 Å². The van der Waals surface area contributed by atoms with Gasteiger partial charge in [0.15, 0.2) is 0 Å². The van der Waals surface area contributed by atoms with Crippen molar-refractivity contribution in [3.05, 3.63) is 47.9 Å². The van der Waals surface area contributed by atoms with Crippen molar-refractivity contribution >= 4 is 45.7 Å². The van der Waals surface area contributed by atoms with Gasteiger partial charge in [0.1, 0.15) is 0 Å². The first-order valence-corrected chi connectivity index (χ1v) is 5.53. The molecule has 64 valence electrons. The van der Waals surface area contributed by atoms with E-state index in [9.17, 15) is 0 Å². The lowest BCUT2D eigenvalue weighted by Crippen LogP contribution is -2.09. The van der Waals surface area contributed by atoms with E-state index in [-0.39, 0.29) is 0 Å². The third-order valence-corrected chi connectivity index (χ3v) is 2.52. The van der Waals surface area contributed by atoms with Crippen LogP contribution in [0.5, 0.6) is 0 Å². The van der Waals surface area contributed by atoms with Crippen molar-refractivity contribution in [1.82, 2.24) is 7.06 Å². The summed E-state index contributed by atoms with van der Waals surface area (Å²) >= 11 is 4.23. The van der Waals surface area contributed by atoms with E-state index in [0.29, 0.717) is 0 Å². The molecule has 0 heterocycles. The van der Waals surface area contributed by atoms with Gasteiger partial charge in [0.05, 0.1) is 57.1 Å². The van der Waals surface area contributed by atoms with E-state index in [2.05, 4.69) is 52.8 Å². The highest BCUT2D eigenvalue weighted by Gasteiger charge is 1.99. The molecule has 0 atom stereocenters. The second-order valence-electron chi connectivity index (χ2n) is 2.12. The van der Waals surface area contributed by atoms with Crippen LogP contribution in [-0.2, 0) is 0 Å². The van der Waals surface area contributed by atoms with Gasteiger partial charge in [0.25, 0.3) is 0 Å². The van der Waals surface area contributed by atoms with E-state index >= 15 is 0 Å². The molecule has 0 amide bonds. The van der Waals surface area contributed by atoms with Crippen LogP contribution in [-0.4, -0.2) is 0 Å². The van der Waals surface area contributed by atoms with Gasteiger partial charge in [-0.25, -0.2) is 0 Å². The molecule has 1 aliphatic rings. The van der Waals surface area contributed by atoms with Crippen LogP contribution in [0.25, 0.3) is 0 Å². The van der Waals surface area contributed by atoms with Gasteiger partial charge in [-0.05, 0) is 12.2 Å². The zero-order chi connectivity index (χ0) is 8.81. The van der Waals surface area contributed by atoms with Gasteiger partial charge in [-0.2, -0.15) is 0 Å². The second-order valence-corrected chi connectivity index (χ2v) is 3.20. The van der Waals surface area contributed by atoms with Crippen LogP contribution in [0.1, 0.15) is 0 Å². The number of hydrogen-bond acceptors (Lipinski definition) is 2. The van der Waals surface area contributed by atoms with Gasteiger partial charge in [0, 0.05) is 0 Å². The Balaban J connectivity index is 2.91. The molecule has 0 radical (unpaired) electrons. The van der Waals surface area contributed by atoms with Gasteiger partial charge in [-0.15, -0.1) is 0 Å². The number of rotatable bonds is 2.